The molecule has 2 N–H and O–H groups in total. The number of rotatable bonds is 3. The fraction of sp³-hybridized carbons (Fsp3) is 1.00. The summed E-state index contributed by atoms with van der Waals surface area (Å²) in [5.74, 6) is 0. The van der Waals surface area contributed by atoms with E-state index in [9.17, 15) is 8.96 Å². The predicted molar refractivity (Wildman–Crippen MR) is 41.1 cm³/mol. The molecule has 0 spiro atoms. The quantitative estimate of drug-likeness (QED) is 0.472. The highest BCUT2D eigenvalue weighted by Crippen LogP contribution is 2.31. The van der Waals surface area contributed by atoms with Crippen LogP contribution in [0, 0.1) is 0 Å². The van der Waals surface area contributed by atoms with Gasteiger partial charge in [0, 0.05) is 4.57 Å². The summed E-state index contributed by atoms with van der Waals surface area (Å²) in [6.45, 7) is -0.512. The molecule has 0 aromatic rings. The minimum absolute atomic E-state index is 0.512. The van der Waals surface area contributed by atoms with Crippen molar-refractivity contribution in [1.29, 1.82) is 0 Å². The van der Waals surface area contributed by atoms with Crippen molar-refractivity contribution in [1.82, 2.24) is 0 Å². The molecule has 5 nitrogen and oxygen atoms in total. The van der Waals surface area contributed by atoms with Gasteiger partial charge in [0.15, 0.2) is 12.3 Å². The third kappa shape index (κ3) is 2.45. The molecule has 0 aromatic carbocycles. The molecule has 0 aromatic heterocycles. The van der Waals surface area contributed by atoms with E-state index in [0.717, 1.165) is 0 Å². The second kappa shape index (κ2) is 4.44. The van der Waals surface area contributed by atoms with Gasteiger partial charge in [0.05, 0.1) is 12.6 Å². The summed E-state index contributed by atoms with van der Waals surface area (Å²) in [6.07, 6.45) is -3.98. The lowest BCUT2D eigenvalue weighted by molar-refractivity contribution is 0.00241. The van der Waals surface area contributed by atoms with Crippen LogP contribution in [-0.2, 0) is 13.8 Å². The third-order valence-corrected chi connectivity index (χ3v) is 2.14. The monoisotopic (exact) mass is 209 g/mol. The largest absolute Gasteiger partial charge is 0.695 e. The number of ether oxygens (including phenoxy) is 1. The van der Waals surface area contributed by atoms with Crippen molar-refractivity contribution >= 4 is 16.1 Å². The summed E-state index contributed by atoms with van der Waals surface area (Å²) in [6, 6.07) is -1.22. The Hall–Kier alpha value is -0.0651. The summed E-state index contributed by atoms with van der Waals surface area (Å²) >= 11 is 0. The highest BCUT2D eigenvalue weighted by atomic mass is 31.1. The van der Waals surface area contributed by atoms with Gasteiger partial charge in [0.2, 0.25) is 0 Å². The SMILES string of the molecule is [B][C@@H]1O[C@H](CO)C(O[P+](=O)O)C1F. The molecular formula is C5H8BFO5P+. The molecule has 13 heavy (non-hydrogen) atoms. The molecule has 0 bridgehead atoms. The highest BCUT2D eigenvalue weighted by molar-refractivity contribution is 7.32. The molecule has 0 aliphatic carbocycles. The van der Waals surface area contributed by atoms with Crippen LogP contribution in [-0.4, -0.2) is 48.8 Å². The second-order valence-electron chi connectivity index (χ2n) is 2.57. The smallest absolute Gasteiger partial charge is 0.394 e. The van der Waals surface area contributed by atoms with Crippen LogP contribution in [0.4, 0.5) is 4.39 Å². The zero-order valence-corrected chi connectivity index (χ0v) is 7.43. The molecule has 0 amide bonds. The molecule has 72 valence electrons. The number of aliphatic hydroxyl groups excluding tert-OH is 1. The van der Waals surface area contributed by atoms with Crippen molar-refractivity contribution in [3.8, 4) is 0 Å². The van der Waals surface area contributed by atoms with E-state index in [2.05, 4.69) is 4.52 Å². The first-order valence-electron chi connectivity index (χ1n) is 3.55. The zero-order chi connectivity index (χ0) is 10.0. The maximum Gasteiger partial charge on any atom is 0.695 e. The molecule has 8 heteroatoms. The van der Waals surface area contributed by atoms with Gasteiger partial charge < -0.3 is 9.84 Å². The van der Waals surface area contributed by atoms with Crippen molar-refractivity contribution in [2.75, 3.05) is 6.61 Å². The molecule has 3 unspecified atom stereocenters. The number of aliphatic hydroxyl groups is 1. The molecule has 0 saturated carbocycles. The summed E-state index contributed by atoms with van der Waals surface area (Å²) in [5, 5.41) is 8.68. The average Bonchev–Trinajstić information content (AvgIpc) is 2.31. The fourth-order valence-corrected chi connectivity index (χ4v) is 1.58. The molecule has 2 radical (unpaired) electrons. The van der Waals surface area contributed by atoms with Gasteiger partial charge in [-0.05, 0) is 0 Å². The van der Waals surface area contributed by atoms with Gasteiger partial charge in [-0.3, -0.25) is 0 Å². The maximum absolute atomic E-state index is 13.1. The summed E-state index contributed by atoms with van der Waals surface area (Å²) < 4.78 is 32.3. The number of halogens is 1. The standard InChI is InChI=1S/C5H7BFO5P/c6-5-3(7)4(12-13(9)10)2(1-8)11-5/h2-5,8H,1H2/p+1/t2-,3?,4?,5-/m1/s1. The van der Waals surface area contributed by atoms with Crippen LogP contribution >= 0.6 is 8.25 Å². The van der Waals surface area contributed by atoms with E-state index in [1.165, 1.54) is 0 Å². The number of hydrogen-bond donors (Lipinski definition) is 2. The van der Waals surface area contributed by atoms with E-state index in [1.807, 2.05) is 0 Å². The lowest BCUT2D eigenvalue weighted by atomic mass is 9.94. The third-order valence-electron chi connectivity index (χ3n) is 1.72. The van der Waals surface area contributed by atoms with Gasteiger partial charge in [0.25, 0.3) is 0 Å². The average molecular weight is 209 g/mol. The van der Waals surface area contributed by atoms with Crippen LogP contribution < -0.4 is 0 Å². The lowest BCUT2D eigenvalue weighted by Gasteiger charge is -2.09. The fourth-order valence-electron chi connectivity index (χ4n) is 1.12. The van der Waals surface area contributed by atoms with E-state index >= 15 is 0 Å². The first-order chi connectivity index (χ1) is 6.06. The normalized spacial score (nSPS) is 40.7. The Balaban J connectivity index is 2.62. The van der Waals surface area contributed by atoms with Crippen molar-refractivity contribution in [3.05, 3.63) is 0 Å². The molecular weight excluding hydrogens is 201 g/mol. The Bertz CT molecular complexity index is 205. The molecule has 1 rings (SSSR count). The van der Waals surface area contributed by atoms with Crippen molar-refractivity contribution in [3.63, 3.8) is 0 Å². The molecule has 1 saturated heterocycles. The van der Waals surface area contributed by atoms with E-state index in [0.29, 0.717) is 0 Å². The zero-order valence-electron chi connectivity index (χ0n) is 6.54. The number of hydrogen-bond acceptors (Lipinski definition) is 4. The molecule has 1 aliphatic heterocycles. The Kier molecular flexibility index (Phi) is 3.76. The van der Waals surface area contributed by atoms with Gasteiger partial charge in [-0.2, -0.15) is 0 Å². The van der Waals surface area contributed by atoms with Gasteiger partial charge >= 0.3 is 8.25 Å². The van der Waals surface area contributed by atoms with Crippen molar-refractivity contribution in [2.45, 2.75) is 24.4 Å². The first kappa shape index (κ1) is 11.0. The van der Waals surface area contributed by atoms with Crippen LogP contribution in [0.3, 0.4) is 0 Å². The predicted octanol–water partition coefficient (Wildman–Crippen LogP) is -0.755. The molecule has 1 heterocycles. The van der Waals surface area contributed by atoms with Gasteiger partial charge in [-0.15, -0.1) is 9.42 Å². The number of alkyl halides is 1. The summed E-state index contributed by atoms with van der Waals surface area (Å²) in [4.78, 5) is 8.37. The van der Waals surface area contributed by atoms with Gasteiger partial charge in [0.1, 0.15) is 14.0 Å². The first-order valence-corrected chi connectivity index (χ1v) is 4.68. The minimum atomic E-state index is -2.93. The van der Waals surface area contributed by atoms with Gasteiger partial charge in [-0.1, -0.05) is 0 Å². The minimum Gasteiger partial charge on any atom is -0.394 e. The maximum atomic E-state index is 13.1. The van der Waals surface area contributed by atoms with Crippen LogP contribution in [0.1, 0.15) is 0 Å². The van der Waals surface area contributed by atoms with Gasteiger partial charge in [-0.25, -0.2) is 4.39 Å². The van der Waals surface area contributed by atoms with E-state index in [1.54, 1.807) is 0 Å². The molecule has 1 fully saturated rings. The Morgan fingerprint density at radius 1 is 1.69 bits per heavy atom. The summed E-state index contributed by atoms with van der Waals surface area (Å²) in [7, 11) is 2.22. The van der Waals surface area contributed by atoms with Crippen LogP contribution in [0.2, 0.25) is 0 Å². The Morgan fingerprint density at radius 3 is 2.77 bits per heavy atom. The van der Waals surface area contributed by atoms with Crippen LogP contribution in [0.5, 0.6) is 0 Å². The topological polar surface area (TPSA) is 76.0 Å². The Morgan fingerprint density at radius 2 is 2.31 bits per heavy atom. The van der Waals surface area contributed by atoms with E-state index in [-0.39, 0.29) is 0 Å². The molecule has 5 atom stereocenters. The van der Waals surface area contributed by atoms with E-state index in [4.69, 9.17) is 22.6 Å². The van der Waals surface area contributed by atoms with Crippen LogP contribution in [0.25, 0.3) is 0 Å². The highest BCUT2D eigenvalue weighted by Gasteiger charge is 2.47. The lowest BCUT2D eigenvalue weighted by Crippen LogP contribution is -2.32. The molecule has 1 aliphatic rings. The van der Waals surface area contributed by atoms with Crippen molar-refractivity contribution < 1.29 is 28.2 Å². The second-order valence-corrected chi connectivity index (χ2v) is 3.26. The van der Waals surface area contributed by atoms with Crippen molar-refractivity contribution in [2.24, 2.45) is 0 Å². The van der Waals surface area contributed by atoms with Crippen LogP contribution in [0.15, 0.2) is 0 Å². The van der Waals surface area contributed by atoms with E-state index < -0.39 is 39.2 Å². The summed E-state index contributed by atoms with van der Waals surface area (Å²) in [5.41, 5.74) is 0. The Labute approximate surface area is 76.2 Å².